The third kappa shape index (κ3) is 5.56. The van der Waals surface area contributed by atoms with Gasteiger partial charge in [0.05, 0.1) is 11.7 Å². The normalized spacial score (nSPS) is 33.9. The number of rotatable bonds is 5. The molecular formula is C19H37NO. The average Bonchev–Trinajstić information content (AvgIpc) is 2.61. The molecule has 2 aliphatic carbocycles. The highest BCUT2D eigenvalue weighted by atomic mass is 16.5. The maximum atomic E-state index is 6.83. The highest BCUT2D eigenvalue weighted by Gasteiger charge is 2.36. The van der Waals surface area contributed by atoms with Crippen molar-refractivity contribution in [3.8, 4) is 0 Å². The molecule has 2 saturated carbocycles. The van der Waals surface area contributed by atoms with Crippen molar-refractivity contribution in [1.82, 2.24) is 5.32 Å². The van der Waals surface area contributed by atoms with Crippen LogP contribution in [-0.2, 0) is 4.74 Å². The zero-order chi connectivity index (χ0) is 15.3. The second-order valence-electron chi connectivity index (χ2n) is 8.29. The highest BCUT2D eigenvalue weighted by Crippen LogP contribution is 2.37. The first kappa shape index (κ1) is 17.3. The Kier molecular flexibility index (Phi) is 6.55. The molecule has 2 heteroatoms. The SMILES string of the molecule is CC1CC(C)CC(OC2(CNC(C)C)CCCCCC2)C1. The Hall–Kier alpha value is -0.0800. The zero-order valence-electron chi connectivity index (χ0n) is 14.8. The molecule has 0 radical (unpaired) electrons. The van der Waals surface area contributed by atoms with Gasteiger partial charge in [0.2, 0.25) is 0 Å². The summed E-state index contributed by atoms with van der Waals surface area (Å²) in [4.78, 5) is 0. The van der Waals surface area contributed by atoms with Gasteiger partial charge in [0, 0.05) is 12.6 Å². The van der Waals surface area contributed by atoms with Gasteiger partial charge < -0.3 is 10.1 Å². The molecular weight excluding hydrogens is 258 g/mol. The fourth-order valence-electron chi connectivity index (χ4n) is 4.42. The summed E-state index contributed by atoms with van der Waals surface area (Å²) < 4.78 is 6.83. The highest BCUT2D eigenvalue weighted by molar-refractivity contribution is 4.89. The van der Waals surface area contributed by atoms with Crippen LogP contribution in [-0.4, -0.2) is 24.3 Å². The summed E-state index contributed by atoms with van der Waals surface area (Å²) >= 11 is 0. The summed E-state index contributed by atoms with van der Waals surface area (Å²) in [6.07, 6.45) is 12.4. The van der Waals surface area contributed by atoms with Gasteiger partial charge in [-0.15, -0.1) is 0 Å². The number of ether oxygens (including phenoxy) is 1. The predicted octanol–water partition coefficient (Wildman–Crippen LogP) is 4.92. The van der Waals surface area contributed by atoms with Crippen LogP contribution >= 0.6 is 0 Å². The predicted molar refractivity (Wildman–Crippen MR) is 90.6 cm³/mol. The number of nitrogens with one attached hydrogen (secondary N) is 1. The molecule has 21 heavy (non-hydrogen) atoms. The van der Waals surface area contributed by atoms with Gasteiger partial charge in [-0.3, -0.25) is 0 Å². The lowest BCUT2D eigenvalue weighted by Crippen LogP contribution is -2.48. The third-order valence-electron chi connectivity index (χ3n) is 5.40. The molecule has 0 aromatic heterocycles. The zero-order valence-corrected chi connectivity index (χ0v) is 14.8. The molecule has 0 aromatic rings. The molecule has 2 unspecified atom stereocenters. The van der Waals surface area contributed by atoms with Gasteiger partial charge in [-0.1, -0.05) is 53.4 Å². The van der Waals surface area contributed by atoms with E-state index in [-0.39, 0.29) is 5.60 Å². The van der Waals surface area contributed by atoms with Crippen LogP contribution in [0.25, 0.3) is 0 Å². The van der Waals surface area contributed by atoms with Gasteiger partial charge in [0.25, 0.3) is 0 Å². The molecule has 124 valence electrons. The van der Waals surface area contributed by atoms with Gasteiger partial charge >= 0.3 is 0 Å². The van der Waals surface area contributed by atoms with Crippen molar-refractivity contribution in [2.24, 2.45) is 11.8 Å². The van der Waals surface area contributed by atoms with Crippen molar-refractivity contribution in [2.75, 3.05) is 6.54 Å². The molecule has 0 amide bonds. The van der Waals surface area contributed by atoms with Crippen LogP contribution in [0.5, 0.6) is 0 Å². The van der Waals surface area contributed by atoms with Crippen molar-refractivity contribution < 1.29 is 4.74 Å². The second-order valence-corrected chi connectivity index (χ2v) is 8.29. The lowest BCUT2D eigenvalue weighted by Gasteiger charge is -2.41. The maximum Gasteiger partial charge on any atom is 0.0810 e. The molecule has 0 spiro atoms. The van der Waals surface area contributed by atoms with E-state index in [4.69, 9.17) is 4.74 Å². The van der Waals surface area contributed by atoms with Crippen molar-refractivity contribution in [3.05, 3.63) is 0 Å². The Labute approximate surface area is 132 Å². The van der Waals surface area contributed by atoms with E-state index in [2.05, 4.69) is 33.0 Å². The van der Waals surface area contributed by atoms with Crippen LogP contribution in [0.1, 0.15) is 85.5 Å². The summed E-state index contributed by atoms with van der Waals surface area (Å²) in [5, 5.41) is 3.67. The first-order chi connectivity index (χ1) is 9.99. The summed E-state index contributed by atoms with van der Waals surface area (Å²) in [6.45, 7) is 10.3. The van der Waals surface area contributed by atoms with Gasteiger partial charge in [-0.05, 0) is 43.9 Å². The fraction of sp³-hybridized carbons (Fsp3) is 1.00. The van der Waals surface area contributed by atoms with Crippen molar-refractivity contribution in [2.45, 2.75) is 103 Å². The minimum atomic E-state index is 0.113. The maximum absolute atomic E-state index is 6.83. The van der Waals surface area contributed by atoms with Gasteiger partial charge in [-0.2, -0.15) is 0 Å². The monoisotopic (exact) mass is 295 g/mol. The van der Waals surface area contributed by atoms with E-state index in [0.717, 1.165) is 18.4 Å². The topological polar surface area (TPSA) is 21.3 Å². The van der Waals surface area contributed by atoms with Crippen LogP contribution in [0, 0.1) is 11.8 Å². The van der Waals surface area contributed by atoms with Gasteiger partial charge in [-0.25, -0.2) is 0 Å². The molecule has 0 aromatic carbocycles. The molecule has 2 nitrogen and oxygen atoms in total. The Balaban J connectivity index is 2.00. The van der Waals surface area contributed by atoms with Gasteiger partial charge in [0.15, 0.2) is 0 Å². The standard InChI is InChI=1S/C19H37NO/c1-15(2)20-14-19(9-7-5-6-8-10-19)21-18-12-16(3)11-17(4)13-18/h15-18,20H,5-14H2,1-4H3. The third-order valence-corrected chi connectivity index (χ3v) is 5.40. The Morgan fingerprint density at radius 3 is 2.05 bits per heavy atom. The van der Waals surface area contributed by atoms with E-state index < -0.39 is 0 Å². The molecule has 0 saturated heterocycles. The van der Waals surface area contributed by atoms with Gasteiger partial charge in [0.1, 0.15) is 0 Å². The van der Waals surface area contributed by atoms with Crippen LogP contribution in [0.3, 0.4) is 0 Å². The Bertz CT molecular complexity index is 284. The molecule has 0 heterocycles. The van der Waals surface area contributed by atoms with E-state index in [1.165, 1.54) is 57.8 Å². The Morgan fingerprint density at radius 1 is 0.952 bits per heavy atom. The number of hydrogen-bond donors (Lipinski definition) is 1. The smallest absolute Gasteiger partial charge is 0.0810 e. The van der Waals surface area contributed by atoms with E-state index >= 15 is 0 Å². The van der Waals surface area contributed by atoms with E-state index in [1.54, 1.807) is 0 Å². The molecule has 0 aliphatic heterocycles. The molecule has 2 rings (SSSR count). The van der Waals surface area contributed by atoms with E-state index in [1.807, 2.05) is 0 Å². The first-order valence-electron chi connectivity index (χ1n) is 9.40. The van der Waals surface area contributed by atoms with E-state index in [9.17, 15) is 0 Å². The minimum Gasteiger partial charge on any atom is -0.370 e. The molecule has 2 aliphatic rings. The Morgan fingerprint density at radius 2 is 1.52 bits per heavy atom. The number of hydrogen-bond acceptors (Lipinski definition) is 2. The quantitative estimate of drug-likeness (QED) is 0.727. The van der Waals surface area contributed by atoms with Crippen LogP contribution in [0.2, 0.25) is 0 Å². The summed E-state index contributed by atoms with van der Waals surface area (Å²) in [5.74, 6) is 1.67. The van der Waals surface area contributed by atoms with Crippen molar-refractivity contribution in [1.29, 1.82) is 0 Å². The van der Waals surface area contributed by atoms with Crippen LogP contribution in [0.4, 0.5) is 0 Å². The largest absolute Gasteiger partial charge is 0.370 e. The summed E-state index contributed by atoms with van der Waals surface area (Å²) in [7, 11) is 0. The van der Waals surface area contributed by atoms with Crippen LogP contribution in [0.15, 0.2) is 0 Å². The molecule has 2 fully saturated rings. The first-order valence-corrected chi connectivity index (χ1v) is 9.40. The minimum absolute atomic E-state index is 0.113. The van der Waals surface area contributed by atoms with Crippen LogP contribution < -0.4 is 5.32 Å². The second kappa shape index (κ2) is 7.97. The average molecular weight is 296 g/mol. The van der Waals surface area contributed by atoms with Crippen molar-refractivity contribution in [3.63, 3.8) is 0 Å². The lowest BCUT2D eigenvalue weighted by atomic mass is 9.81. The molecule has 0 bridgehead atoms. The fourth-order valence-corrected chi connectivity index (χ4v) is 4.42. The summed E-state index contributed by atoms with van der Waals surface area (Å²) in [5.41, 5.74) is 0.113. The molecule has 2 atom stereocenters. The molecule has 1 N–H and O–H groups in total. The lowest BCUT2D eigenvalue weighted by molar-refractivity contribution is -0.123. The van der Waals surface area contributed by atoms with E-state index in [0.29, 0.717) is 12.1 Å². The van der Waals surface area contributed by atoms with Crippen molar-refractivity contribution >= 4 is 0 Å². The summed E-state index contributed by atoms with van der Waals surface area (Å²) in [6, 6.07) is 0.554.